The van der Waals surface area contributed by atoms with Crippen LogP contribution in [0.15, 0.2) is 78.9 Å². The monoisotopic (exact) mass is 529 g/mol. The van der Waals surface area contributed by atoms with Crippen molar-refractivity contribution in [3.63, 3.8) is 0 Å². The smallest absolute Gasteiger partial charge is 0.176 e. The summed E-state index contributed by atoms with van der Waals surface area (Å²) in [6.45, 7) is 8.24. The van der Waals surface area contributed by atoms with Crippen LogP contribution in [0.5, 0.6) is 5.75 Å². The standard InChI is InChI=1S/C33H40FN3O2/c1-25-22-36(24-32(38)27-7-4-3-5-8-27)19-20-37(25)33(29-9-6-10-30(34)21-29)28-15-17-35(18-16-28)23-26-11-13-31(39-2)14-12-26/h3-14,21,25,28,33H,15-20,22-24H2,1-2H3/t25-,33?/m0/s1. The number of methoxy groups -OCH3 is 1. The lowest BCUT2D eigenvalue weighted by atomic mass is 9.83. The topological polar surface area (TPSA) is 36.0 Å². The van der Waals surface area contributed by atoms with Crippen LogP contribution in [0.1, 0.15) is 47.3 Å². The molecule has 2 aliphatic rings. The normalized spacial score (nSPS) is 20.5. The number of likely N-dealkylation sites (tertiary alicyclic amines) is 1. The summed E-state index contributed by atoms with van der Waals surface area (Å²) in [4.78, 5) is 20.2. The Morgan fingerprint density at radius 2 is 1.67 bits per heavy atom. The van der Waals surface area contributed by atoms with Crippen molar-refractivity contribution in [1.29, 1.82) is 0 Å². The van der Waals surface area contributed by atoms with Gasteiger partial charge in [0.2, 0.25) is 0 Å². The molecule has 3 aromatic carbocycles. The van der Waals surface area contributed by atoms with Crippen molar-refractivity contribution in [2.24, 2.45) is 5.92 Å². The highest BCUT2D eigenvalue weighted by molar-refractivity contribution is 5.97. The van der Waals surface area contributed by atoms with Crippen LogP contribution in [-0.4, -0.2) is 72.9 Å². The van der Waals surface area contributed by atoms with Crippen molar-refractivity contribution in [2.45, 2.75) is 38.4 Å². The van der Waals surface area contributed by atoms with Gasteiger partial charge >= 0.3 is 0 Å². The van der Waals surface area contributed by atoms with Crippen molar-refractivity contribution < 1.29 is 13.9 Å². The van der Waals surface area contributed by atoms with Crippen molar-refractivity contribution in [3.8, 4) is 5.75 Å². The molecule has 2 heterocycles. The number of hydrogen-bond donors (Lipinski definition) is 0. The molecule has 0 bridgehead atoms. The molecule has 0 saturated carbocycles. The summed E-state index contributed by atoms with van der Waals surface area (Å²) in [5.41, 5.74) is 3.14. The maximum Gasteiger partial charge on any atom is 0.176 e. The van der Waals surface area contributed by atoms with E-state index in [4.69, 9.17) is 4.74 Å². The number of piperazine rings is 1. The maximum absolute atomic E-state index is 14.4. The molecular formula is C33H40FN3O2. The fourth-order valence-electron chi connectivity index (χ4n) is 6.36. The first kappa shape index (κ1) is 27.5. The van der Waals surface area contributed by atoms with Gasteiger partial charge in [-0.3, -0.25) is 19.5 Å². The Labute approximate surface area is 232 Å². The molecule has 3 aromatic rings. The average molecular weight is 530 g/mol. The van der Waals surface area contributed by atoms with Gasteiger partial charge in [-0.05, 0) is 74.2 Å². The van der Waals surface area contributed by atoms with E-state index >= 15 is 0 Å². The average Bonchev–Trinajstić information content (AvgIpc) is 2.96. The Hall–Kier alpha value is -3.06. The van der Waals surface area contributed by atoms with E-state index in [2.05, 4.69) is 39.8 Å². The molecule has 6 heteroatoms. The molecule has 2 atom stereocenters. The van der Waals surface area contributed by atoms with Gasteiger partial charge in [-0.25, -0.2) is 4.39 Å². The molecule has 39 heavy (non-hydrogen) atoms. The van der Waals surface area contributed by atoms with Gasteiger partial charge in [0.1, 0.15) is 11.6 Å². The number of Topliss-reactive ketones (excluding diaryl/α,β-unsaturated/α-hetero) is 1. The van der Waals surface area contributed by atoms with Gasteiger partial charge in [0.15, 0.2) is 5.78 Å². The summed E-state index contributed by atoms with van der Waals surface area (Å²) in [6.07, 6.45) is 2.16. The predicted molar refractivity (Wildman–Crippen MR) is 154 cm³/mol. The van der Waals surface area contributed by atoms with E-state index in [0.29, 0.717) is 12.5 Å². The molecule has 0 aromatic heterocycles. The number of nitrogens with zero attached hydrogens (tertiary/aromatic N) is 3. The zero-order chi connectivity index (χ0) is 27.2. The summed E-state index contributed by atoms with van der Waals surface area (Å²) in [5, 5.41) is 0. The number of ketones is 1. The lowest BCUT2D eigenvalue weighted by molar-refractivity contribution is 0.00982. The Kier molecular flexibility index (Phi) is 9.07. The minimum Gasteiger partial charge on any atom is -0.497 e. The molecule has 0 amide bonds. The van der Waals surface area contributed by atoms with Crippen LogP contribution >= 0.6 is 0 Å². The third-order valence-electron chi connectivity index (χ3n) is 8.42. The fourth-order valence-corrected chi connectivity index (χ4v) is 6.36. The fraction of sp³-hybridized carbons (Fsp3) is 0.424. The van der Waals surface area contributed by atoms with Gasteiger partial charge in [0, 0.05) is 43.8 Å². The van der Waals surface area contributed by atoms with E-state index in [0.717, 1.165) is 69.0 Å². The molecule has 2 saturated heterocycles. The molecular weight excluding hydrogens is 489 g/mol. The first-order valence-corrected chi connectivity index (χ1v) is 14.2. The van der Waals surface area contributed by atoms with Crippen molar-refractivity contribution >= 4 is 5.78 Å². The van der Waals surface area contributed by atoms with E-state index in [1.807, 2.05) is 48.5 Å². The van der Waals surface area contributed by atoms with E-state index in [-0.39, 0.29) is 23.7 Å². The number of hydrogen-bond acceptors (Lipinski definition) is 5. The number of ether oxygens (including phenoxy) is 1. The Balaban J connectivity index is 1.24. The quantitative estimate of drug-likeness (QED) is 0.334. The highest BCUT2D eigenvalue weighted by Gasteiger charge is 2.37. The summed E-state index contributed by atoms with van der Waals surface area (Å²) >= 11 is 0. The zero-order valence-electron chi connectivity index (χ0n) is 23.1. The summed E-state index contributed by atoms with van der Waals surface area (Å²) in [6, 6.07) is 25.5. The number of piperidine rings is 1. The number of rotatable bonds is 9. The predicted octanol–water partition coefficient (Wildman–Crippen LogP) is 5.68. The lowest BCUT2D eigenvalue weighted by Gasteiger charge is -2.48. The van der Waals surface area contributed by atoms with E-state index < -0.39 is 0 Å². The first-order valence-electron chi connectivity index (χ1n) is 14.2. The van der Waals surface area contributed by atoms with E-state index in [1.54, 1.807) is 13.2 Å². The third kappa shape index (κ3) is 6.93. The van der Waals surface area contributed by atoms with Crippen molar-refractivity contribution in [3.05, 3.63) is 101 Å². The van der Waals surface area contributed by atoms with Gasteiger partial charge in [-0.2, -0.15) is 0 Å². The SMILES string of the molecule is COc1ccc(CN2CCC(C(c3cccc(F)c3)N3CCN(CC(=O)c4ccccc4)C[C@@H]3C)CC2)cc1. The molecule has 2 aliphatic heterocycles. The molecule has 0 aliphatic carbocycles. The third-order valence-corrected chi connectivity index (χ3v) is 8.42. The molecule has 0 N–H and O–H groups in total. The van der Waals surface area contributed by atoms with Gasteiger partial charge in [0.05, 0.1) is 13.7 Å². The van der Waals surface area contributed by atoms with Crippen LogP contribution in [0.3, 0.4) is 0 Å². The van der Waals surface area contributed by atoms with E-state index in [1.165, 1.54) is 11.6 Å². The zero-order valence-corrected chi connectivity index (χ0v) is 23.1. The number of carbonyl (C=O) groups is 1. The maximum atomic E-state index is 14.4. The molecule has 5 nitrogen and oxygen atoms in total. The minimum atomic E-state index is -0.172. The highest BCUT2D eigenvalue weighted by atomic mass is 19.1. The van der Waals surface area contributed by atoms with Gasteiger partial charge < -0.3 is 4.74 Å². The van der Waals surface area contributed by atoms with Crippen LogP contribution in [0.25, 0.3) is 0 Å². The molecule has 2 fully saturated rings. The second-order valence-corrected chi connectivity index (χ2v) is 11.1. The van der Waals surface area contributed by atoms with Crippen LogP contribution in [0, 0.1) is 11.7 Å². The van der Waals surface area contributed by atoms with E-state index in [9.17, 15) is 9.18 Å². The highest BCUT2D eigenvalue weighted by Crippen LogP contribution is 2.38. The van der Waals surface area contributed by atoms with Crippen LogP contribution in [0.2, 0.25) is 0 Å². The van der Waals surface area contributed by atoms with Crippen LogP contribution < -0.4 is 4.74 Å². The van der Waals surface area contributed by atoms with Gasteiger partial charge in [-0.15, -0.1) is 0 Å². The molecule has 0 spiro atoms. The van der Waals surface area contributed by atoms with Gasteiger partial charge in [-0.1, -0.05) is 54.6 Å². The first-order chi connectivity index (χ1) is 19.0. The summed E-state index contributed by atoms with van der Waals surface area (Å²) in [5.74, 6) is 1.34. The number of benzene rings is 3. The molecule has 1 unspecified atom stereocenters. The largest absolute Gasteiger partial charge is 0.497 e. The van der Waals surface area contributed by atoms with Crippen molar-refractivity contribution in [1.82, 2.24) is 14.7 Å². The Morgan fingerprint density at radius 1 is 0.923 bits per heavy atom. The van der Waals surface area contributed by atoms with Crippen molar-refractivity contribution in [2.75, 3.05) is 46.4 Å². The lowest BCUT2D eigenvalue weighted by Crippen LogP contribution is -2.55. The van der Waals surface area contributed by atoms with Crippen LogP contribution in [-0.2, 0) is 6.54 Å². The Bertz CT molecular complexity index is 1210. The number of carbonyl (C=O) groups excluding carboxylic acids is 1. The van der Waals surface area contributed by atoms with Crippen LogP contribution in [0.4, 0.5) is 4.39 Å². The second-order valence-electron chi connectivity index (χ2n) is 11.1. The second kappa shape index (κ2) is 12.9. The van der Waals surface area contributed by atoms with Gasteiger partial charge in [0.25, 0.3) is 0 Å². The summed E-state index contributed by atoms with van der Waals surface area (Å²) in [7, 11) is 1.69. The molecule has 206 valence electrons. The molecule has 5 rings (SSSR count). The number of halogens is 1. The molecule has 0 radical (unpaired) electrons. The minimum absolute atomic E-state index is 0.169. The Morgan fingerprint density at radius 3 is 2.33 bits per heavy atom. The summed E-state index contributed by atoms with van der Waals surface area (Å²) < 4.78 is 19.7.